The van der Waals surface area contributed by atoms with Crippen molar-refractivity contribution in [1.29, 1.82) is 0 Å². The van der Waals surface area contributed by atoms with Gasteiger partial charge in [-0.2, -0.15) is 0 Å². The molecule has 0 saturated heterocycles. The van der Waals surface area contributed by atoms with Gasteiger partial charge in [0.25, 0.3) is 0 Å². The first-order valence-corrected chi connectivity index (χ1v) is 13.1. The fraction of sp³-hybridized carbons (Fsp3) is 0.364. The molecule has 35 heavy (non-hydrogen) atoms. The highest BCUT2D eigenvalue weighted by atomic mass is 32.2. The molecule has 2 aromatic heterocycles. The Labute approximate surface area is 205 Å². The van der Waals surface area contributed by atoms with Gasteiger partial charge in [0.05, 0.1) is 26.4 Å². The van der Waals surface area contributed by atoms with Crippen LogP contribution in [0.15, 0.2) is 27.8 Å². The zero-order valence-corrected chi connectivity index (χ0v) is 20.9. The molecule has 0 saturated carbocycles. The second-order valence-electron chi connectivity index (χ2n) is 7.53. The fourth-order valence-electron chi connectivity index (χ4n) is 3.73. The Morgan fingerprint density at radius 2 is 1.91 bits per heavy atom. The number of benzene rings is 1. The molecule has 1 aliphatic rings. The number of hydrogen-bond donors (Lipinski definition) is 1. The van der Waals surface area contributed by atoms with Crippen molar-refractivity contribution in [2.45, 2.75) is 31.4 Å². The van der Waals surface area contributed by atoms with Crippen LogP contribution in [0.2, 0.25) is 0 Å². The molecule has 0 fully saturated rings. The van der Waals surface area contributed by atoms with Gasteiger partial charge >= 0.3 is 11.2 Å². The molecule has 2 heterocycles. The summed E-state index contributed by atoms with van der Waals surface area (Å²) >= 11 is 1.26. The van der Waals surface area contributed by atoms with Crippen LogP contribution in [-0.2, 0) is 32.2 Å². The van der Waals surface area contributed by atoms with Crippen LogP contribution in [0.25, 0.3) is 11.5 Å². The molecule has 186 valence electrons. The maximum atomic E-state index is 12.8. The fourth-order valence-corrected chi connectivity index (χ4v) is 5.94. The van der Waals surface area contributed by atoms with Crippen molar-refractivity contribution in [3.63, 3.8) is 0 Å². The molecule has 0 unspecified atom stereocenters. The first kappa shape index (κ1) is 24.7. The lowest BCUT2D eigenvalue weighted by Gasteiger charge is -2.08. The maximum Gasteiger partial charge on any atom is 0.341 e. The molecule has 1 N–H and O–H groups in total. The molecule has 1 amide bonds. The summed E-state index contributed by atoms with van der Waals surface area (Å²) in [7, 11) is -1.31. The normalized spacial score (nSPS) is 12.8. The van der Waals surface area contributed by atoms with Crippen LogP contribution in [0.5, 0.6) is 11.5 Å². The molecule has 1 aromatic carbocycles. The summed E-state index contributed by atoms with van der Waals surface area (Å²) in [5.41, 5.74) is 1.56. The second kappa shape index (κ2) is 10.0. The van der Waals surface area contributed by atoms with Crippen LogP contribution in [-0.4, -0.2) is 57.1 Å². The van der Waals surface area contributed by atoms with Gasteiger partial charge in [0.2, 0.25) is 21.6 Å². The van der Waals surface area contributed by atoms with E-state index in [-0.39, 0.29) is 17.5 Å². The van der Waals surface area contributed by atoms with Crippen LogP contribution in [0, 0.1) is 0 Å². The van der Waals surface area contributed by atoms with Crippen molar-refractivity contribution in [2.75, 3.05) is 31.9 Å². The van der Waals surface area contributed by atoms with Gasteiger partial charge in [-0.05, 0) is 49.9 Å². The highest BCUT2D eigenvalue weighted by Gasteiger charge is 2.31. The molecule has 0 bridgehead atoms. The zero-order valence-electron chi connectivity index (χ0n) is 19.2. The molecule has 0 radical (unpaired) electrons. The van der Waals surface area contributed by atoms with Crippen LogP contribution >= 0.6 is 11.3 Å². The SMILES string of the molecule is CCOC(=O)c1c(NC(=O)CS(=O)(=O)c2nnc(-c3ccc(OC)c(OC)c3)o2)sc2c1CCC2. The predicted molar refractivity (Wildman–Crippen MR) is 126 cm³/mol. The molecule has 13 heteroatoms. The minimum absolute atomic E-state index is 0.0655. The largest absolute Gasteiger partial charge is 0.493 e. The number of hydrogen-bond acceptors (Lipinski definition) is 11. The van der Waals surface area contributed by atoms with Gasteiger partial charge in [-0.15, -0.1) is 16.4 Å². The highest BCUT2D eigenvalue weighted by Crippen LogP contribution is 2.39. The molecule has 0 aliphatic heterocycles. The van der Waals surface area contributed by atoms with Crippen LogP contribution in [0.4, 0.5) is 5.00 Å². The summed E-state index contributed by atoms with van der Waals surface area (Å²) in [5, 5.41) is 9.52. The van der Waals surface area contributed by atoms with Gasteiger partial charge in [-0.25, -0.2) is 13.2 Å². The number of aromatic nitrogens is 2. The summed E-state index contributed by atoms with van der Waals surface area (Å²) in [6, 6.07) is 4.77. The van der Waals surface area contributed by atoms with E-state index in [9.17, 15) is 18.0 Å². The second-order valence-corrected chi connectivity index (χ2v) is 10.5. The topological polar surface area (TPSA) is 147 Å². The van der Waals surface area contributed by atoms with Crippen LogP contribution in [0.1, 0.15) is 34.1 Å². The number of carbonyl (C=O) groups is 2. The Kier molecular flexibility index (Phi) is 7.08. The summed E-state index contributed by atoms with van der Waals surface area (Å²) in [4.78, 5) is 26.1. The van der Waals surface area contributed by atoms with E-state index in [4.69, 9.17) is 18.6 Å². The Bertz CT molecular complexity index is 1380. The monoisotopic (exact) mass is 521 g/mol. The van der Waals surface area contributed by atoms with E-state index in [2.05, 4.69) is 15.5 Å². The molecule has 4 rings (SSSR count). The van der Waals surface area contributed by atoms with E-state index in [0.29, 0.717) is 29.0 Å². The Hall–Kier alpha value is -3.45. The quantitative estimate of drug-likeness (QED) is 0.417. The van der Waals surface area contributed by atoms with E-state index in [1.165, 1.54) is 25.6 Å². The predicted octanol–water partition coefficient (Wildman–Crippen LogP) is 2.89. The lowest BCUT2D eigenvalue weighted by atomic mass is 10.1. The number of fused-ring (bicyclic) bond motifs is 1. The third-order valence-electron chi connectivity index (χ3n) is 5.28. The van der Waals surface area contributed by atoms with E-state index in [1.54, 1.807) is 25.1 Å². The highest BCUT2D eigenvalue weighted by molar-refractivity contribution is 7.91. The first-order valence-electron chi connectivity index (χ1n) is 10.7. The Morgan fingerprint density at radius 1 is 1.14 bits per heavy atom. The van der Waals surface area contributed by atoms with Gasteiger partial charge in [0.1, 0.15) is 10.8 Å². The van der Waals surface area contributed by atoms with Gasteiger partial charge in [0.15, 0.2) is 11.5 Å². The van der Waals surface area contributed by atoms with Crippen molar-refractivity contribution in [3.05, 3.63) is 34.2 Å². The molecular weight excluding hydrogens is 498 g/mol. The van der Waals surface area contributed by atoms with Crippen molar-refractivity contribution in [1.82, 2.24) is 10.2 Å². The average molecular weight is 522 g/mol. The standard InChI is InChI=1S/C22H23N3O8S2/c1-4-32-21(27)18-13-6-5-7-16(13)34-20(18)23-17(26)11-35(28,29)22-25-24-19(33-22)12-8-9-14(30-2)15(10-12)31-3/h8-10H,4-7,11H2,1-3H3,(H,23,26). The number of methoxy groups -OCH3 is 2. The number of aryl methyl sites for hydroxylation is 1. The summed E-state index contributed by atoms with van der Waals surface area (Å²) in [5.74, 6) is -1.51. The lowest BCUT2D eigenvalue weighted by molar-refractivity contribution is -0.113. The smallest absolute Gasteiger partial charge is 0.341 e. The zero-order chi connectivity index (χ0) is 25.2. The summed E-state index contributed by atoms with van der Waals surface area (Å²) in [6.45, 7) is 1.88. The molecule has 0 atom stereocenters. The van der Waals surface area contributed by atoms with Gasteiger partial charge < -0.3 is 23.9 Å². The lowest BCUT2D eigenvalue weighted by Crippen LogP contribution is -2.24. The van der Waals surface area contributed by atoms with Gasteiger partial charge in [-0.3, -0.25) is 4.79 Å². The first-order chi connectivity index (χ1) is 16.8. The number of carbonyl (C=O) groups excluding carboxylic acids is 2. The van der Waals surface area contributed by atoms with Crippen LogP contribution in [0.3, 0.4) is 0 Å². The Balaban J connectivity index is 1.52. The Morgan fingerprint density at radius 3 is 2.63 bits per heavy atom. The minimum atomic E-state index is -4.25. The van der Waals surface area contributed by atoms with E-state index < -0.39 is 32.7 Å². The number of ether oxygens (including phenoxy) is 3. The number of nitrogens with one attached hydrogen (secondary N) is 1. The third-order valence-corrected chi connectivity index (χ3v) is 7.82. The van der Waals surface area contributed by atoms with Gasteiger partial charge in [0, 0.05) is 10.4 Å². The molecule has 3 aromatic rings. The van der Waals surface area contributed by atoms with Gasteiger partial charge in [-0.1, -0.05) is 5.10 Å². The average Bonchev–Trinajstić information content (AvgIpc) is 3.55. The molecule has 1 aliphatic carbocycles. The van der Waals surface area contributed by atoms with Crippen molar-refractivity contribution < 1.29 is 36.6 Å². The minimum Gasteiger partial charge on any atom is -0.493 e. The van der Waals surface area contributed by atoms with Crippen molar-refractivity contribution in [3.8, 4) is 23.0 Å². The molecular formula is C22H23N3O8S2. The number of rotatable bonds is 9. The van der Waals surface area contributed by atoms with E-state index in [0.717, 1.165) is 23.3 Å². The number of anilines is 1. The summed E-state index contributed by atoms with van der Waals surface area (Å²) in [6.07, 6.45) is 2.41. The number of thiophene rings is 1. The number of sulfone groups is 1. The molecule has 11 nitrogen and oxygen atoms in total. The van der Waals surface area contributed by atoms with E-state index >= 15 is 0 Å². The van der Waals surface area contributed by atoms with Crippen molar-refractivity contribution >= 4 is 38.1 Å². The number of nitrogens with zero attached hydrogens (tertiary/aromatic N) is 2. The number of amides is 1. The third kappa shape index (κ3) is 5.00. The van der Waals surface area contributed by atoms with Crippen molar-refractivity contribution in [2.24, 2.45) is 0 Å². The summed E-state index contributed by atoms with van der Waals surface area (Å²) < 4.78 is 46.4. The molecule has 0 spiro atoms. The van der Waals surface area contributed by atoms with E-state index in [1.807, 2.05) is 0 Å². The van der Waals surface area contributed by atoms with Crippen LogP contribution < -0.4 is 14.8 Å². The maximum absolute atomic E-state index is 12.8. The number of esters is 1.